The number of benzene rings is 1. The number of methoxy groups -OCH3 is 2. The number of carbonyl (C=O) groups excluding carboxylic acids is 1. The smallest absolute Gasteiger partial charge is 0.322 e. The number of rotatable bonds is 4. The molecule has 0 aliphatic carbocycles. The molecule has 0 unspecified atom stereocenters. The summed E-state index contributed by atoms with van der Waals surface area (Å²) in [5.74, 6) is -0.554. The van der Waals surface area contributed by atoms with Gasteiger partial charge in [0.1, 0.15) is 17.6 Å². The molecule has 0 fully saturated rings. The molecule has 0 heterocycles. The third-order valence-electron chi connectivity index (χ3n) is 2.13. The molecule has 0 radical (unpaired) electrons. The van der Waals surface area contributed by atoms with Gasteiger partial charge in [-0.3, -0.25) is 4.79 Å². The summed E-state index contributed by atoms with van der Waals surface area (Å²) >= 11 is 0. The maximum atomic E-state index is 13.1. The third kappa shape index (κ3) is 3.20. The highest BCUT2D eigenvalue weighted by Crippen LogP contribution is 2.17. The summed E-state index contributed by atoms with van der Waals surface area (Å²) in [6.07, 6.45) is 0.209. The van der Waals surface area contributed by atoms with Crippen molar-refractivity contribution in [3.8, 4) is 5.75 Å². The minimum Gasteiger partial charge on any atom is -0.497 e. The van der Waals surface area contributed by atoms with Crippen molar-refractivity contribution >= 4 is 5.97 Å². The van der Waals surface area contributed by atoms with Crippen molar-refractivity contribution in [3.05, 3.63) is 29.6 Å². The van der Waals surface area contributed by atoms with Gasteiger partial charge in [-0.05, 0) is 24.1 Å². The molecule has 0 spiro atoms. The molecule has 1 rings (SSSR count). The van der Waals surface area contributed by atoms with Gasteiger partial charge in [-0.2, -0.15) is 0 Å². The van der Waals surface area contributed by atoms with E-state index in [1.807, 2.05) is 0 Å². The maximum absolute atomic E-state index is 13.1. The first-order chi connectivity index (χ1) is 7.56. The Labute approximate surface area is 93.2 Å². The van der Waals surface area contributed by atoms with Crippen LogP contribution in [0.25, 0.3) is 0 Å². The van der Waals surface area contributed by atoms with E-state index in [2.05, 4.69) is 4.74 Å². The van der Waals surface area contributed by atoms with Crippen LogP contribution in [0.5, 0.6) is 5.75 Å². The van der Waals surface area contributed by atoms with Crippen molar-refractivity contribution in [1.29, 1.82) is 0 Å². The lowest BCUT2D eigenvalue weighted by Gasteiger charge is -2.10. The lowest BCUT2D eigenvalue weighted by atomic mass is 10.1. The number of hydrogen-bond acceptors (Lipinski definition) is 4. The van der Waals surface area contributed by atoms with Crippen LogP contribution in [0.15, 0.2) is 18.2 Å². The Bertz CT molecular complexity index is 381. The zero-order chi connectivity index (χ0) is 12.1. The summed E-state index contributed by atoms with van der Waals surface area (Å²) in [4.78, 5) is 11.1. The van der Waals surface area contributed by atoms with E-state index >= 15 is 0 Å². The van der Waals surface area contributed by atoms with Crippen molar-refractivity contribution in [3.63, 3.8) is 0 Å². The van der Waals surface area contributed by atoms with E-state index in [0.717, 1.165) is 0 Å². The zero-order valence-electron chi connectivity index (χ0n) is 9.20. The third-order valence-corrected chi connectivity index (χ3v) is 2.13. The molecule has 1 atom stereocenters. The molecule has 0 saturated heterocycles. The monoisotopic (exact) mass is 227 g/mol. The Morgan fingerprint density at radius 2 is 2.12 bits per heavy atom. The predicted molar refractivity (Wildman–Crippen MR) is 56.6 cm³/mol. The Morgan fingerprint density at radius 3 is 2.69 bits per heavy atom. The van der Waals surface area contributed by atoms with E-state index in [0.29, 0.717) is 11.3 Å². The Hall–Kier alpha value is -1.62. The average Bonchev–Trinajstić information content (AvgIpc) is 2.26. The van der Waals surface area contributed by atoms with Gasteiger partial charge in [0.15, 0.2) is 0 Å². The number of hydrogen-bond donors (Lipinski definition) is 1. The van der Waals surface area contributed by atoms with Crippen molar-refractivity contribution in [2.24, 2.45) is 5.73 Å². The minimum atomic E-state index is -0.795. The van der Waals surface area contributed by atoms with Crippen molar-refractivity contribution in [2.75, 3.05) is 14.2 Å². The normalized spacial score (nSPS) is 12.0. The average molecular weight is 227 g/mol. The molecule has 0 aromatic heterocycles. The fourth-order valence-corrected chi connectivity index (χ4v) is 1.35. The van der Waals surface area contributed by atoms with E-state index in [4.69, 9.17) is 10.5 Å². The fraction of sp³-hybridized carbons (Fsp3) is 0.364. The second-order valence-electron chi connectivity index (χ2n) is 3.33. The molecule has 0 saturated carbocycles. The molecule has 0 aliphatic rings. The number of ether oxygens (including phenoxy) is 2. The summed E-state index contributed by atoms with van der Waals surface area (Å²) in [6.45, 7) is 0. The van der Waals surface area contributed by atoms with Gasteiger partial charge >= 0.3 is 5.97 Å². The molecule has 2 N–H and O–H groups in total. The minimum absolute atomic E-state index is 0.209. The molecule has 1 aromatic carbocycles. The second kappa shape index (κ2) is 5.46. The van der Waals surface area contributed by atoms with Crippen molar-refractivity contribution in [2.45, 2.75) is 12.5 Å². The van der Waals surface area contributed by atoms with Crippen LogP contribution in [-0.4, -0.2) is 26.2 Å². The molecule has 0 aliphatic heterocycles. The van der Waals surface area contributed by atoms with Gasteiger partial charge in [0.05, 0.1) is 14.2 Å². The van der Waals surface area contributed by atoms with E-state index < -0.39 is 17.8 Å². The van der Waals surface area contributed by atoms with Gasteiger partial charge in [-0.15, -0.1) is 0 Å². The fourth-order valence-electron chi connectivity index (χ4n) is 1.35. The van der Waals surface area contributed by atoms with E-state index in [1.165, 1.54) is 26.4 Å². The molecule has 1 aromatic rings. The first-order valence-electron chi connectivity index (χ1n) is 4.73. The molecule has 4 nitrogen and oxygen atoms in total. The lowest BCUT2D eigenvalue weighted by molar-refractivity contribution is -0.142. The van der Waals surface area contributed by atoms with Crippen LogP contribution in [0, 0.1) is 5.82 Å². The Morgan fingerprint density at radius 1 is 1.44 bits per heavy atom. The van der Waals surface area contributed by atoms with Gasteiger partial charge in [-0.25, -0.2) is 4.39 Å². The van der Waals surface area contributed by atoms with Crippen LogP contribution < -0.4 is 10.5 Å². The van der Waals surface area contributed by atoms with Crippen LogP contribution in [0.1, 0.15) is 5.56 Å². The number of halogens is 1. The number of carbonyl (C=O) groups is 1. The molecular formula is C11H14FNO3. The summed E-state index contributed by atoms with van der Waals surface area (Å²) in [7, 11) is 2.70. The van der Waals surface area contributed by atoms with Crippen LogP contribution in [0.2, 0.25) is 0 Å². The standard InChI is InChI=1S/C11H14FNO3/c1-15-9-4-7(3-8(12)6-9)5-10(13)11(14)16-2/h3-4,6,10H,5,13H2,1-2H3/t10-/m0/s1. The summed E-state index contributed by atoms with van der Waals surface area (Å²) in [5, 5.41) is 0. The van der Waals surface area contributed by atoms with Crippen LogP contribution in [-0.2, 0) is 16.0 Å². The second-order valence-corrected chi connectivity index (χ2v) is 3.33. The van der Waals surface area contributed by atoms with Gasteiger partial charge < -0.3 is 15.2 Å². The quantitative estimate of drug-likeness (QED) is 0.775. The first kappa shape index (κ1) is 12.4. The van der Waals surface area contributed by atoms with Crippen molar-refractivity contribution in [1.82, 2.24) is 0 Å². The highest BCUT2D eigenvalue weighted by atomic mass is 19.1. The molecule has 0 bridgehead atoms. The van der Waals surface area contributed by atoms with Crippen LogP contribution >= 0.6 is 0 Å². The first-order valence-corrected chi connectivity index (χ1v) is 4.73. The predicted octanol–water partition coefficient (Wildman–Crippen LogP) is 0.877. The largest absolute Gasteiger partial charge is 0.497 e. The van der Waals surface area contributed by atoms with Crippen molar-refractivity contribution < 1.29 is 18.7 Å². The molecule has 88 valence electrons. The Balaban J connectivity index is 2.80. The topological polar surface area (TPSA) is 61.5 Å². The SMILES string of the molecule is COC(=O)[C@@H](N)Cc1cc(F)cc(OC)c1. The zero-order valence-corrected chi connectivity index (χ0v) is 9.20. The highest BCUT2D eigenvalue weighted by molar-refractivity contribution is 5.75. The molecule has 16 heavy (non-hydrogen) atoms. The van der Waals surface area contributed by atoms with Crippen LogP contribution in [0.4, 0.5) is 4.39 Å². The Kier molecular flexibility index (Phi) is 4.25. The molecular weight excluding hydrogens is 213 g/mol. The van der Waals surface area contributed by atoms with E-state index in [1.54, 1.807) is 6.07 Å². The summed E-state index contributed by atoms with van der Waals surface area (Å²) in [6, 6.07) is 3.40. The summed E-state index contributed by atoms with van der Waals surface area (Å²) in [5.41, 5.74) is 6.16. The van der Waals surface area contributed by atoms with Gasteiger partial charge in [0.2, 0.25) is 0 Å². The number of esters is 1. The summed E-state index contributed by atoms with van der Waals surface area (Å²) < 4.78 is 22.5. The van der Waals surface area contributed by atoms with Crippen LogP contribution in [0.3, 0.4) is 0 Å². The van der Waals surface area contributed by atoms with Gasteiger partial charge in [0.25, 0.3) is 0 Å². The van der Waals surface area contributed by atoms with Gasteiger partial charge in [-0.1, -0.05) is 0 Å². The van der Waals surface area contributed by atoms with Gasteiger partial charge in [0, 0.05) is 6.07 Å². The molecule has 0 amide bonds. The van der Waals surface area contributed by atoms with E-state index in [9.17, 15) is 9.18 Å². The van der Waals surface area contributed by atoms with E-state index in [-0.39, 0.29) is 6.42 Å². The number of nitrogens with two attached hydrogens (primary N) is 1. The molecule has 5 heteroatoms. The maximum Gasteiger partial charge on any atom is 0.322 e. The highest BCUT2D eigenvalue weighted by Gasteiger charge is 2.15. The lowest BCUT2D eigenvalue weighted by Crippen LogP contribution is -2.33.